The number of hydrogen-bond acceptors (Lipinski definition) is 2. The molecule has 0 radical (unpaired) electrons. The lowest BCUT2D eigenvalue weighted by atomic mass is 10.1. The van der Waals surface area contributed by atoms with Gasteiger partial charge in [0.05, 0.1) is 0 Å². The topological polar surface area (TPSA) is 47.6 Å². The monoisotopic (exact) mass is 386 g/mol. The lowest BCUT2D eigenvalue weighted by Crippen LogP contribution is -2.32. The second-order valence-corrected chi connectivity index (χ2v) is 6.02. The van der Waals surface area contributed by atoms with E-state index in [4.69, 9.17) is 34.3 Å². The highest BCUT2D eigenvalue weighted by atomic mass is 35.5. The van der Waals surface area contributed by atoms with Gasteiger partial charge in [-0.05, 0) is 48.4 Å². The number of thiocarbonyl (C=S) groups is 1. The zero-order chi connectivity index (χ0) is 18.6. The molecule has 0 unspecified atom stereocenters. The van der Waals surface area contributed by atoms with E-state index in [-0.39, 0.29) is 4.99 Å². The Labute approximate surface area is 153 Å². The van der Waals surface area contributed by atoms with Gasteiger partial charge >= 0.3 is 6.18 Å². The molecule has 0 saturated heterocycles. The fraction of sp³-hybridized carbons (Fsp3) is 0.176. The van der Waals surface area contributed by atoms with Crippen molar-refractivity contribution in [3.05, 3.63) is 64.2 Å². The Bertz CT molecular complexity index is 805. The van der Waals surface area contributed by atoms with Crippen molar-refractivity contribution in [2.75, 3.05) is 0 Å². The van der Waals surface area contributed by atoms with E-state index in [1.54, 1.807) is 37.3 Å². The van der Waals surface area contributed by atoms with Crippen molar-refractivity contribution >= 4 is 34.6 Å². The molecular formula is C17H14ClF3N2OS. The number of rotatable bonds is 4. The molecular weight excluding hydrogens is 373 g/mol. The van der Waals surface area contributed by atoms with E-state index in [0.29, 0.717) is 22.9 Å². The van der Waals surface area contributed by atoms with Crippen molar-refractivity contribution in [2.24, 2.45) is 10.7 Å². The molecule has 2 N–H and O–H groups in total. The van der Waals surface area contributed by atoms with Crippen LogP contribution in [0, 0.1) is 6.92 Å². The fourth-order valence-corrected chi connectivity index (χ4v) is 2.27. The number of aliphatic imine (C=N–C) groups is 1. The van der Waals surface area contributed by atoms with Crippen LogP contribution in [0.4, 0.5) is 13.2 Å². The first-order valence-electron chi connectivity index (χ1n) is 7.10. The first kappa shape index (κ1) is 19.2. The van der Waals surface area contributed by atoms with Crippen molar-refractivity contribution in [1.29, 1.82) is 0 Å². The molecule has 0 bridgehead atoms. The van der Waals surface area contributed by atoms with Crippen LogP contribution in [0.3, 0.4) is 0 Å². The van der Waals surface area contributed by atoms with Gasteiger partial charge in [-0.1, -0.05) is 36.0 Å². The van der Waals surface area contributed by atoms with Gasteiger partial charge in [-0.3, -0.25) is 0 Å². The quantitative estimate of drug-likeness (QED) is 0.465. The fourth-order valence-electron chi connectivity index (χ4n) is 1.92. The summed E-state index contributed by atoms with van der Waals surface area (Å²) in [5.41, 5.74) is 6.90. The smallest absolute Gasteiger partial charge is 0.449 e. The van der Waals surface area contributed by atoms with Crippen molar-refractivity contribution in [1.82, 2.24) is 0 Å². The summed E-state index contributed by atoms with van der Waals surface area (Å²) >= 11 is 10.7. The van der Waals surface area contributed by atoms with E-state index in [0.717, 1.165) is 11.1 Å². The Morgan fingerprint density at radius 3 is 2.40 bits per heavy atom. The van der Waals surface area contributed by atoms with Gasteiger partial charge in [0.2, 0.25) is 5.84 Å². The summed E-state index contributed by atoms with van der Waals surface area (Å²) < 4.78 is 42.9. The Morgan fingerprint density at radius 2 is 1.84 bits per heavy atom. The zero-order valence-corrected chi connectivity index (χ0v) is 14.7. The van der Waals surface area contributed by atoms with Gasteiger partial charge in [0.1, 0.15) is 17.3 Å². The van der Waals surface area contributed by atoms with Gasteiger partial charge in [0.25, 0.3) is 0 Å². The van der Waals surface area contributed by atoms with E-state index >= 15 is 0 Å². The number of hydrogen-bond donors (Lipinski definition) is 1. The lowest BCUT2D eigenvalue weighted by Gasteiger charge is -2.11. The Morgan fingerprint density at radius 1 is 1.20 bits per heavy atom. The zero-order valence-electron chi connectivity index (χ0n) is 13.1. The molecule has 0 spiro atoms. The molecule has 0 amide bonds. The minimum Gasteiger partial charge on any atom is -0.489 e. The normalized spacial score (nSPS) is 12.1. The predicted molar refractivity (Wildman–Crippen MR) is 96.3 cm³/mol. The first-order valence-corrected chi connectivity index (χ1v) is 7.89. The molecule has 2 rings (SSSR count). The Kier molecular flexibility index (Phi) is 6.02. The molecule has 2 aromatic carbocycles. The molecule has 25 heavy (non-hydrogen) atoms. The van der Waals surface area contributed by atoms with E-state index in [9.17, 15) is 13.2 Å². The van der Waals surface area contributed by atoms with Crippen LogP contribution in [0.2, 0.25) is 5.02 Å². The minimum atomic E-state index is -4.71. The highest BCUT2D eigenvalue weighted by Gasteiger charge is 2.33. The molecule has 3 nitrogen and oxygen atoms in total. The average molecular weight is 387 g/mol. The van der Waals surface area contributed by atoms with Crippen LogP contribution >= 0.6 is 23.8 Å². The minimum absolute atomic E-state index is 0.234. The van der Waals surface area contributed by atoms with Crippen LogP contribution in [0.15, 0.2) is 47.5 Å². The van der Waals surface area contributed by atoms with E-state index in [2.05, 4.69) is 4.99 Å². The third-order valence-electron chi connectivity index (χ3n) is 3.24. The molecule has 0 aliphatic carbocycles. The molecule has 2 aromatic rings. The third kappa shape index (κ3) is 5.44. The average Bonchev–Trinajstić information content (AvgIpc) is 2.54. The number of aryl methyl sites for hydroxylation is 1. The second kappa shape index (κ2) is 7.84. The molecule has 0 saturated carbocycles. The molecule has 0 atom stereocenters. The van der Waals surface area contributed by atoms with Gasteiger partial charge in [-0.15, -0.1) is 0 Å². The number of alkyl halides is 3. The van der Waals surface area contributed by atoms with Crippen molar-refractivity contribution < 1.29 is 17.9 Å². The first-order chi connectivity index (χ1) is 11.7. The van der Waals surface area contributed by atoms with Gasteiger partial charge in [-0.2, -0.15) is 13.2 Å². The number of benzene rings is 2. The molecule has 0 aromatic heterocycles. The molecule has 8 heteroatoms. The van der Waals surface area contributed by atoms with Crippen LogP contribution in [0.1, 0.15) is 16.7 Å². The number of halogens is 4. The second-order valence-electron chi connectivity index (χ2n) is 5.20. The Hall–Kier alpha value is -2.12. The molecule has 0 heterocycles. The van der Waals surface area contributed by atoms with Crippen molar-refractivity contribution in [3.8, 4) is 5.75 Å². The largest absolute Gasteiger partial charge is 0.489 e. The maximum absolute atomic E-state index is 12.4. The maximum atomic E-state index is 12.4. The van der Waals surface area contributed by atoms with Gasteiger partial charge < -0.3 is 10.5 Å². The van der Waals surface area contributed by atoms with Crippen molar-refractivity contribution in [3.63, 3.8) is 0 Å². The maximum Gasteiger partial charge on any atom is 0.449 e. The summed E-state index contributed by atoms with van der Waals surface area (Å²) in [6.07, 6.45) is -4.71. The van der Waals surface area contributed by atoms with E-state index in [1.165, 1.54) is 0 Å². The molecule has 0 aliphatic rings. The number of ether oxygens (including phenoxy) is 1. The SMILES string of the molecule is Cc1cc(C(=S)N=C(N)C(F)(F)F)ccc1OCc1ccc(Cl)cc1. The van der Waals surface area contributed by atoms with Crippen LogP contribution < -0.4 is 10.5 Å². The molecule has 132 valence electrons. The summed E-state index contributed by atoms with van der Waals surface area (Å²) in [6, 6.07) is 12.0. The van der Waals surface area contributed by atoms with Crippen LogP contribution in [0.25, 0.3) is 0 Å². The predicted octanol–water partition coefficient (Wildman–Crippen LogP) is 4.82. The number of nitrogens with two attached hydrogens (primary N) is 1. The van der Waals surface area contributed by atoms with Crippen LogP contribution in [0.5, 0.6) is 5.75 Å². The number of amidine groups is 1. The summed E-state index contributed by atoms with van der Waals surface area (Å²) in [6.45, 7) is 2.10. The summed E-state index contributed by atoms with van der Waals surface area (Å²) in [5.74, 6) is -0.882. The third-order valence-corrected chi connectivity index (χ3v) is 3.82. The van der Waals surface area contributed by atoms with Gasteiger partial charge in [0, 0.05) is 10.6 Å². The van der Waals surface area contributed by atoms with E-state index < -0.39 is 12.0 Å². The lowest BCUT2D eigenvalue weighted by molar-refractivity contribution is -0.0596. The molecule has 0 aliphatic heterocycles. The molecule has 0 fully saturated rings. The van der Waals surface area contributed by atoms with Crippen LogP contribution in [-0.2, 0) is 6.61 Å². The standard InChI is InChI=1S/C17H14ClF3N2OS/c1-10-8-12(15(25)23-16(22)17(19,20)21)4-7-14(10)24-9-11-2-5-13(18)6-3-11/h2-8H,9H2,1H3,(H2,22,23,25). The summed E-state index contributed by atoms with van der Waals surface area (Å²) in [5, 5.41) is 0.636. The highest BCUT2D eigenvalue weighted by Crippen LogP contribution is 2.22. The number of nitrogens with zero attached hydrogens (tertiary/aromatic N) is 1. The Balaban J connectivity index is 2.09. The summed E-state index contributed by atoms with van der Waals surface area (Å²) in [4.78, 5) is 3.00. The van der Waals surface area contributed by atoms with Crippen molar-refractivity contribution in [2.45, 2.75) is 19.7 Å². The van der Waals surface area contributed by atoms with E-state index in [1.807, 2.05) is 12.1 Å². The van der Waals surface area contributed by atoms with Crippen LogP contribution in [-0.4, -0.2) is 17.0 Å². The van der Waals surface area contributed by atoms with Gasteiger partial charge in [-0.25, -0.2) is 4.99 Å². The summed E-state index contributed by atoms with van der Waals surface area (Å²) in [7, 11) is 0. The van der Waals surface area contributed by atoms with Gasteiger partial charge in [0.15, 0.2) is 0 Å². The highest BCUT2D eigenvalue weighted by molar-refractivity contribution is 7.80.